The van der Waals surface area contributed by atoms with E-state index in [1.165, 1.54) is 0 Å². The first-order chi connectivity index (χ1) is 10.7. The van der Waals surface area contributed by atoms with Crippen LogP contribution in [-0.2, 0) is 9.68 Å². The fourth-order valence-electron chi connectivity index (χ4n) is 2.21. The molecule has 0 aromatic heterocycles. The molecule has 0 aromatic rings. The van der Waals surface area contributed by atoms with Crippen molar-refractivity contribution in [1.82, 2.24) is 0 Å². The van der Waals surface area contributed by atoms with Crippen molar-refractivity contribution in [2.75, 3.05) is 0 Å². The van der Waals surface area contributed by atoms with E-state index in [1.54, 1.807) is 0 Å². The van der Waals surface area contributed by atoms with Gasteiger partial charge in [-0.2, -0.15) is 0 Å². The van der Waals surface area contributed by atoms with E-state index in [2.05, 4.69) is 17.9 Å². The molecule has 0 radical (unpaired) electrons. The van der Waals surface area contributed by atoms with Crippen LogP contribution in [0, 0.1) is 0 Å². The Morgan fingerprint density at radius 2 is 1.77 bits per heavy atom. The third-order valence-corrected chi connectivity index (χ3v) is 3.56. The van der Waals surface area contributed by atoms with Gasteiger partial charge in [0.15, 0.2) is 0 Å². The topological polar surface area (TPSA) is 66.8 Å². The number of hydrogen-bond donors (Lipinski definition) is 2. The highest BCUT2D eigenvalue weighted by atomic mass is 17.1. The number of carbonyl (C=O) groups is 1. The molecule has 22 heavy (non-hydrogen) atoms. The molecule has 0 fully saturated rings. The second-order valence-electron chi connectivity index (χ2n) is 5.65. The summed E-state index contributed by atoms with van der Waals surface area (Å²) in [5, 5.41) is 17.3. The van der Waals surface area contributed by atoms with Crippen molar-refractivity contribution in [2.24, 2.45) is 0 Å². The fraction of sp³-hybridized carbons (Fsp3) is 0.722. The van der Waals surface area contributed by atoms with Gasteiger partial charge in [0.05, 0.1) is 0 Å². The molecule has 0 spiro atoms. The molecule has 0 aliphatic heterocycles. The molecule has 0 bridgehead atoms. The Kier molecular flexibility index (Phi) is 15.4. The van der Waals surface area contributed by atoms with Crippen molar-refractivity contribution in [3.05, 3.63) is 24.3 Å². The monoisotopic (exact) mass is 312 g/mol. The van der Waals surface area contributed by atoms with Crippen LogP contribution >= 0.6 is 0 Å². The third kappa shape index (κ3) is 15.3. The number of allylic oxidation sites excluding steroid dienone is 3. The maximum Gasteiger partial charge on any atom is 0.303 e. The summed E-state index contributed by atoms with van der Waals surface area (Å²) in [7, 11) is 0. The zero-order valence-electron chi connectivity index (χ0n) is 13.9. The Hall–Kier alpha value is -1.13. The van der Waals surface area contributed by atoms with Crippen LogP contribution in [0.25, 0.3) is 0 Å². The first kappa shape index (κ1) is 20.9. The van der Waals surface area contributed by atoms with Crippen LogP contribution in [0.5, 0.6) is 0 Å². The summed E-state index contributed by atoms with van der Waals surface area (Å²) < 4.78 is 0. The average molecular weight is 312 g/mol. The van der Waals surface area contributed by atoms with E-state index < -0.39 is 5.97 Å². The molecule has 0 saturated carbocycles. The van der Waals surface area contributed by atoms with Crippen molar-refractivity contribution in [1.29, 1.82) is 0 Å². The molecule has 0 aliphatic rings. The van der Waals surface area contributed by atoms with Crippen molar-refractivity contribution in [2.45, 2.75) is 83.7 Å². The summed E-state index contributed by atoms with van der Waals surface area (Å²) in [4.78, 5) is 14.8. The number of rotatable bonds is 15. The van der Waals surface area contributed by atoms with Gasteiger partial charge in [0.25, 0.3) is 0 Å². The fourth-order valence-corrected chi connectivity index (χ4v) is 2.21. The van der Waals surface area contributed by atoms with Gasteiger partial charge in [0.1, 0.15) is 6.10 Å². The summed E-state index contributed by atoms with van der Waals surface area (Å²) in [6, 6.07) is 0. The molecule has 1 atom stereocenters. The van der Waals surface area contributed by atoms with E-state index in [4.69, 9.17) is 10.4 Å². The van der Waals surface area contributed by atoms with Gasteiger partial charge in [-0.25, -0.2) is 4.89 Å². The molecule has 0 amide bonds. The molecule has 128 valence electrons. The summed E-state index contributed by atoms with van der Waals surface area (Å²) in [6.07, 6.45) is 18.5. The molecule has 0 saturated heterocycles. The molecule has 2 N–H and O–H groups in total. The lowest BCUT2D eigenvalue weighted by atomic mass is 10.1. The quantitative estimate of drug-likeness (QED) is 0.185. The van der Waals surface area contributed by atoms with Crippen molar-refractivity contribution in [3.63, 3.8) is 0 Å². The lowest BCUT2D eigenvalue weighted by Gasteiger charge is -2.07. The van der Waals surface area contributed by atoms with E-state index in [1.807, 2.05) is 18.2 Å². The zero-order chi connectivity index (χ0) is 16.5. The Morgan fingerprint density at radius 1 is 1.05 bits per heavy atom. The Balaban J connectivity index is 3.51. The third-order valence-electron chi connectivity index (χ3n) is 3.56. The van der Waals surface area contributed by atoms with E-state index >= 15 is 0 Å². The van der Waals surface area contributed by atoms with E-state index in [0.29, 0.717) is 0 Å². The minimum Gasteiger partial charge on any atom is -0.481 e. The molecule has 0 aromatic carbocycles. The highest BCUT2D eigenvalue weighted by Crippen LogP contribution is 2.09. The van der Waals surface area contributed by atoms with E-state index in [0.717, 1.165) is 64.2 Å². The van der Waals surface area contributed by atoms with Crippen LogP contribution in [0.4, 0.5) is 0 Å². The van der Waals surface area contributed by atoms with Gasteiger partial charge >= 0.3 is 5.97 Å². The second-order valence-corrected chi connectivity index (χ2v) is 5.65. The van der Waals surface area contributed by atoms with Gasteiger partial charge < -0.3 is 5.11 Å². The molecule has 0 heterocycles. The molecule has 0 rings (SSSR count). The lowest BCUT2D eigenvalue weighted by molar-refractivity contribution is -0.267. The van der Waals surface area contributed by atoms with Crippen LogP contribution in [0.2, 0.25) is 0 Å². The predicted octanol–water partition coefficient (Wildman–Crippen LogP) is 5.35. The average Bonchev–Trinajstić information content (AvgIpc) is 2.50. The Bertz CT molecular complexity index is 310. The minimum absolute atomic E-state index is 0.203. The van der Waals surface area contributed by atoms with E-state index in [-0.39, 0.29) is 12.5 Å². The standard InChI is InChI=1S/C18H32O4/c1-2-3-11-14-17(22-21)15-12-9-7-5-4-6-8-10-13-16-18(19)20/h7,9,12,15,17,21H,2-6,8,10-11,13-14,16H2,1H3,(H,19,20)/b9-7-,15-12+/t17-/m0/s1. The Labute approximate surface area is 134 Å². The lowest BCUT2D eigenvalue weighted by Crippen LogP contribution is -2.06. The summed E-state index contributed by atoms with van der Waals surface area (Å²) >= 11 is 0. The largest absolute Gasteiger partial charge is 0.481 e. The highest BCUT2D eigenvalue weighted by molar-refractivity contribution is 5.66. The smallest absolute Gasteiger partial charge is 0.303 e. The molecular weight excluding hydrogens is 280 g/mol. The van der Waals surface area contributed by atoms with E-state index in [9.17, 15) is 4.79 Å². The highest BCUT2D eigenvalue weighted by Gasteiger charge is 2.02. The van der Waals surface area contributed by atoms with Crippen molar-refractivity contribution >= 4 is 5.97 Å². The Morgan fingerprint density at radius 3 is 2.45 bits per heavy atom. The van der Waals surface area contributed by atoms with Gasteiger partial charge in [-0.1, -0.05) is 69.8 Å². The maximum absolute atomic E-state index is 10.3. The molecule has 4 heteroatoms. The summed E-state index contributed by atoms with van der Waals surface area (Å²) in [5.41, 5.74) is 0. The summed E-state index contributed by atoms with van der Waals surface area (Å²) in [6.45, 7) is 2.15. The number of carboxylic acid groups (broad SMARTS) is 1. The minimum atomic E-state index is -0.699. The molecule has 4 nitrogen and oxygen atoms in total. The van der Waals surface area contributed by atoms with Crippen LogP contribution in [-0.4, -0.2) is 22.4 Å². The molecule has 0 aliphatic carbocycles. The molecular formula is C18H32O4. The normalized spacial score (nSPS) is 13.2. The van der Waals surface area contributed by atoms with Gasteiger partial charge in [0, 0.05) is 6.42 Å². The van der Waals surface area contributed by atoms with Crippen LogP contribution in [0.3, 0.4) is 0 Å². The first-order valence-electron chi connectivity index (χ1n) is 8.56. The second kappa shape index (κ2) is 16.2. The maximum atomic E-state index is 10.3. The molecule has 0 unspecified atom stereocenters. The zero-order valence-corrected chi connectivity index (χ0v) is 13.9. The first-order valence-corrected chi connectivity index (χ1v) is 8.56. The van der Waals surface area contributed by atoms with Crippen LogP contribution < -0.4 is 0 Å². The number of carboxylic acids is 1. The van der Waals surface area contributed by atoms with Crippen molar-refractivity contribution < 1.29 is 20.0 Å². The number of unbranched alkanes of at least 4 members (excludes halogenated alkanes) is 7. The van der Waals surface area contributed by atoms with Crippen LogP contribution in [0.15, 0.2) is 24.3 Å². The van der Waals surface area contributed by atoms with Crippen LogP contribution in [0.1, 0.15) is 77.6 Å². The SMILES string of the molecule is CCCCC[C@@H](/C=C/C=C\CCCCCCCC(=O)O)OO. The van der Waals surface area contributed by atoms with Gasteiger partial charge in [-0.05, 0) is 25.7 Å². The number of aliphatic carboxylic acids is 1. The van der Waals surface area contributed by atoms with Crippen molar-refractivity contribution in [3.8, 4) is 0 Å². The number of hydrogen-bond acceptors (Lipinski definition) is 3. The van der Waals surface area contributed by atoms with Gasteiger partial charge in [-0.3, -0.25) is 10.1 Å². The predicted molar refractivity (Wildman–Crippen MR) is 89.9 cm³/mol. The van der Waals surface area contributed by atoms with Gasteiger partial charge in [-0.15, -0.1) is 0 Å². The summed E-state index contributed by atoms with van der Waals surface area (Å²) in [5.74, 6) is -0.699. The van der Waals surface area contributed by atoms with Gasteiger partial charge in [0.2, 0.25) is 0 Å².